The van der Waals surface area contributed by atoms with Crippen LogP contribution in [0.15, 0.2) is 18.3 Å². The average Bonchev–Trinajstić information content (AvgIpc) is 2.27. The van der Waals surface area contributed by atoms with Gasteiger partial charge in [0.2, 0.25) is 0 Å². The Balaban J connectivity index is 2.29. The molecular weight excluding hydrogens is 236 g/mol. The first-order chi connectivity index (χ1) is 8.38. The van der Waals surface area contributed by atoms with Gasteiger partial charge in [-0.2, -0.15) is 0 Å². The van der Waals surface area contributed by atoms with E-state index in [1.54, 1.807) is 32.9 Å². The van der Waals surface area contributed by atoms with Crippen molar-refractivity contribution < 1.29 is 19.1 Å². The molecule has 2 rings (SSSR count). The van der Waals surface area contributed by atoms with Gasteiger partial charge in [-0.25, -0.2) is 19.5 Å². The Kier molecular flexibility index (Phi) is 2.94. The number of anilines is 1. The summed E-state index contributed by atoms with van der Waals surface area (Å²) in [7, 11) is 0. The first kappa shape index (κ1) is 12.3. The molecule has 0 atom stereocenters. The molecule has 0 radical (unpaired) electrons. The number of fused-ring (bicyclic) bond motifs is 1. The summed E-state index contributed by atoms with van der Waals surface area (Å²) in [5.41, 5.74) is -0.359. The van der Waals surface area contributed by atoms with E-state index in [4.69, 9.17) is 9.47 Å². The molecule has 0 unspecified atom stereocenters. The predicted molar refractivity (Wildman–Crippen MR) is 63.2 cm³/mol. The van der Waals surface area contributed by atoms with Gasteiger partial charge in [-0.3, -0.25) is 0 Å². The topological polar surface area (TPSA) is 68.7 Å². The second kappa shape index (κ2) is 4.29. The molecule has 96 valence electrons. The maximum Gasteiger partial charge on any atom is 0.418 e. The molecular formula is C12H14N2O4. The Morgan fingerprint density at radius 1 is 1.50 bits per heavy atom. The number of ether oxygens (including phenoxy) is 2. The minimum atomic E-state index is -0.618. The third-order valence-electron chi connectivity index (χ3n) is 2.20. The van der Waals surface area contributed by atoms with Crippen LogP contribution in [0, 0.1) is 0 Å². The van der Waals surface area contributed by atoms with Gasteiger partial charge in [0.05, 0.1) is 0 Å². The number of hydrogen-bond donors (Lipinski definition) is 0. The van der Waals surface area contributed by atoms with Crippen molar-refractivity contribution >= 4 is 17.9 Å². The van der Waals surface area contributed by atoms with Crippen LogP contribution in [0.1, 0.15) is 31.1 Å². The number of rotatable bonds is 0. The van der Waals surface area contributed by atoms with Crippen LogP contribution >= 0.6 is 0 Å². The monoisotopic (exact) mass is 250 g/mol. The Labute approximate surface area is 105 Å². The van der Waals surface area contributed by atoms with Gasteiger partial charge < -0.3 is 9.47 Å². The van der Waals surface area contributed by atoms with Crippen LogP contribution in [-0.2, 0) is 9.47 Å². The maximum absolute atomic E-state index is 12.0. The highest BCUT2D eigenvalue weighted by Gasteiger charge is 2.32. The number of nitrogens with zero attached hydrogens (tertiary/aromatic N) is 2. The quantitative estimate of drug-likeness (QED) is 0.658. The highest BCUT2D eigenvalue weighted by molar-refractivity contribution is 6.01. The molecule has 0 spiro atoms. The molecule has 1 amide bonds. The zero-order valence-corrected chi connectivity index (χ0v) is 10.5. The molecule has 18 heavy (non-hydrogen) atoms. The molecule has 0 N–H and O–H groups in total. The Morgan fingerprint density at radius 2 is 2.22 bits per heavy atom. The van der Waals surface area contributed by atoms with Crippen molar-refractivity contribution in [1.82, 2.24) is 4.98 Å². The summed E-state index contributed by atoms with van der Waals surface area (Å²) in [5, 5.41) is 0. The molecule has 0 fully saturated rings. The summed E-state index contributed by atoms with van der Waals surface area (Å²) in [6.07, 6.45) is 0.921. The molecule has 0 saturated carbocycles. The van der Waals surface area contributed by atoms with Crippen molar-refractivity contribution in [3.8, 4) is 0 Å². The van der Waals surface area contributed by atoms with Gasteiger partial charge in [0, 0.05) is 6.20 Å². The first-order valence-corrected chi connectivity index (χ1v) is 5.51. The molecule has 1 aliphatic rings. The summed E-state index contributed by atoms with van der Waals surface area (Å²) < 4.78 is 10.1. The zero-order chi connectivity index (χ0) is 13.3. The number of amides is 1. The highest BCUT2D eigenvalue weighted by Crippen LogP contribution is 2.24. The molecule has 6 heteroatoms. The van der Waals surface area contributed by atoms with Crippen LogP contribution in [0.25, 0.3) is 0 Å². The van der Waals surface area contributed by atoms with Crippen LogP contribution in [0.5, 0.6) is 0 Å². The number of cyclic esters (lactones) is 1. The van der Waals surface area contributed by atoms with Crippen molar-refractivity contribution in [2.45, 2.75) is 26.4 Å². The molecule has 1 aromatic rings. The fourth-order valence-corrected chi connectivity index (χ4v) is 1.49. The van der Waals surface area contributed by atoms with Gasteiger partial charge in [-0.1, -0.05) is 0 Å². The zero-order valence-electron chi connectivity index (χ0n) is 10.5. The van der Waals surface area contributed by atoms with E-state index in [0.29, 0.717) is 0 Å². The minimum absolute atomic E-state index is 0.183. The van der Waals surface area contributed by atoms with Crippen molar-refractivity contribution in [3.05, 3.63) is 23.9 Å². The second-order valence-electron chi connectivity index (χ2n) is 4.84. The molecule has 1 aliphatic heterocycles. The number of carbonyl (C=O) groups is 2. The number of aromatic nitrogens is 1. The summed E-state index contributed by atoms with van der Waals surface area (Å²) in [4.78, 5) is 28.7. The van der Waals surface area contributed by atoms with Gasteiger partial charge in [0.25, 0.3) is 0 Å². The smallest absolute Gasteiger partial charge is 0.418 e. The summed E-state index contributed by atoms with van der Waals surface area (Å²) >= 11 is 0. The SMILES string of the molecule is CC(C)(C)OC(=O)N1COC(=O)c2cccnc21. The molecule has 1 aromatic heterocycles. The van der Waals surface area contributed by atoms with Crippen molar-refractivity contribution in [1.29, 1.82) is 0 Å². The lowest BCUT2D eigenvalue weighted by Crippen LogP contribution is -2.42. The molecule has 6 nitrogen and oxygen atoms in total. The average molecular weight is 250 g/mol. The van der Waals surface area contributed by atoms with Gasteiger partial charge in [-0.05, 0) is 32.9 Å². The molecule has 0 saturated heterocycles. The van der Waals surface area contributed by atoms with E-state index < -0.39 is 17.7 Å². The lowest BCUT2D eigenvalue weighted by molar-refractivity contribution is 0.0382. The lowest BCUT2D eigenvalue weighted by Gasteiger charge is -2.29. The number of esters is 1. The maximum atomic E-state index is 12.0. The highest BCUT2D eigenvalue weighted by atomic mass is 16.6. The normalized spacial score (nSPS) is 14.8. The number of carbonyl (C=O) groups excluding carboxylic acids is 2. The minimum Gasteiger partial charge on any atom is -0.443 e. The fraction of sp³-hybridized carbons (Fsp3) is 0.417. The van der Waals surface area contributed by atoms with Crippen LogP contribution in [0.3, 0.4) is 0 Å². The fourth-order valence-electron chi connectivity index (χ4n) is 1.49. The number of pyridine rings is 1. The molecule has 0 aliphatic carbocycles. The van der Waals surface area contributed by atoms with Crippen molar-refractivity contribution in [2.24, 2.45) is 0 Å². The van der Waals surface area contributed by atoms with Gasteiger partial charge in [0.15, 0.2) is 12.5 Å². The van der Waals surface area contributed by atoms with Crippen LogP contribution in [0.4, 0.5) is 10.6 Å². The summed E-state index contributed by atoms with van der Waals surface area (Å²) in [6.45, 7) is 5.11. The van der Waals surface area contributed by atoms with E-state index in [1.165, 1.54) is 11.1 Å². The van der Waals surface area contributed by atoms with E-state index in [2.05, 4.69) is 4.98 Å². The van der Waals surface area contributed by atoms with E-state index in [-0.39, 0.29) is 18.1 Å². The third kappa shape index (κ3) is 2.42. The Bertz CT molecular complexity index is 493. The summed E-state index contributed by atoms with van der Waals surface area (Å²) in [5.74, 6) is -0.221. The van der Waals surface area contributed by atoms with Gasteiger partial charge >= 0.3 is 12.1 Å². The largest absolute Gasteiger partial charge is 0.443 e. The molecule has 0 bridgehead atoms. The standard InChI is InChI=1S/C12H14N2O4/c1-12(2,3)18-11(16)14-7-17-10(15)8-5-4-6-13-9(8)14/h4-6H,7H2,1-3H3. The summed E-state index contributed by atoms with van der Waals surface area (Å²) in [6, 6.07) is 3.17. The molecule has 0 aromatic carbocycles. The van der Waals surface area contributed by atoms with E-state index in [0.717, 1.165) is 0 Å². The first-order valence-electron chi connectivity index (χ1n) is 5.51. The molecule has 2 heterocycles. The van der Waals surface area contributed by atoms with E-state index in [1.807, 2.05) is 0 Å². The Morgan fingerprint density at radius 3 is 2.89 bits per heavy atom. The van der Waals surface area contributed by atoms with Crippen LogP contribution in [0.2, 0.25) is 0 Å². The van der Waals surface area contributed by atoms with Crippen molar-refractivity contribution in [2.75, 3.05) is 11.6 Å². The van der Waals surface area contributed by atoms with Crippen molar-refractivity contribution in [3.63, 3.8) is 0 Å². The van der Waals surface area contributed by atoms with Crippen LogP contribution in [-0.4, -0.2) is 29.4 Å². The lowest BCUT2D eigenvalue weighted by atomic mass is 10.2. The predicted octanol–water partition coefficient (Wildman–Crippen LogP) is 1.95. The van der Waals surface area contributed by atoms with Gasteiger partial charge in [0.1, 0.15) is 11.2 Å². The third-order valence-corrected chi connectivity index (χ3v) is 2.20. The number of hydrogen-bond acceptors (Lipinski definition) is 5. The van der Waals surface area contributed by atoms with E-state index in [9.17, 15) is 9.59 Å². The second-order valence-corrected chi connectivity index (χ2v) is 4.84. The van der Waals surface area contributed by atoms with E-state index >= 15 is 0 Å². The Hall–Kier alpha value is -2.11. The van der Waals surface area contributed by atoms with Gasteiger partial charge in [-0.15, -0.1) is 0 Å². The van der Waals surface area contributed by atoms with Crippen LogP contribution < -0.4 is 4.90 Å².